The maximum absolute atomic E-state index is 11.3. The first kappa shape index (κ1) is 16.7. The van der Waals surface area contributed by atoms with Crippen molar-refractivity contribution >= 4 is 11.9 Å². The molecule has 1 aliphatic heterocycles. The molecule has 1 amide bonds. The molecule has 1 aliphatic rings. The number of hydrogen-bond acceptors (Lipinski definition) is 4. The van der Waals surface area contributed by atoms with Gasteiger partial charge in [0, 0.05) is 13.0 Å². The summed E-state index contributed by atoms with van der Waals surface area (Å²) < 4.78 is 0. The second-order valence-electron chi connectivity index (χ2n) is 5.21. The van der Waals surface area contributed by atoms with E-state index in [1.54, 1.807) is 0 Å². The van der Waals surface area contributed by atoms with Gasteiger partial charge in [-0.25, -0.2) is 0 Å². The molecule has 114 valence electrons. The van der Waals surface area contributed by atoms with Crippen LogP contribution in [0, 0.1) is 5.92 Å². The molecule has 0 aliphatic carbocycles. The number of allylic oxidation sites excluding steroid dienone is 1. The van der Waals surface area contributed by atoms with E-state index in [0.717, 1.165) is 0 Å². The highest BCUT2D eigenvalue weighted by atomic mass is 16.4. The van der Waals surface area contributed by atoms with Gasteiger partial charge in [-0.15, -0.1) is 0 Å². The fourth-order valence-electron chi connectivity index (χ4n) is 2.74. The van der Waals surface area contributed by atoms with Crippen LogP contribution in [0.15, 0.2) is 12.2 Å². The summed E-state index contributed by atoms with van der Waals surface area (Å²) in [6.07, 6.45) is 4.03. The maximum Gasteiger partial charge on any atom is 0.320 e. The van der Waals surface area contributed by atoms with Crippen LogP contribution in [0.3, 0.4) is 0 Å². The number of aliphatic carboxylic acids is 1. The third-order valence-corrected chi connectivity index (χ3v) is 3.69. The topological polar surface area (TPSA) is 98.7 Å². The lowest BCUT2D eigenvalue weighted by atomic mass is 9.89. The van der Waals surface area contributed by atoms with E-state index in [1.807, 2.05) is 26.0 Å². The minimum atomic E-state index is -0.908. The maximum atomic E-state index is 11.3. The van der Waals surface area contributed by atoms with Gasteiger partial charge in [-0.2, -0.15) is 0 Å². The van der Waals surface area contributed by atoms with Crippen LogP contribution in [-0.2, 0) is 9.59 Å². The molecule has 6 nitrogen and oxygen atoms in total. The Balaban J connectivity index is 2.95. The largest absolute Gasteiger partial charge is 0.480 e. The van der Waals surface area contributed by atoms with E-state index >= 15 is 0 Å². The van der Waals surface area contributed by atoms with Gasteiger partial charge in [-0.3, -0.25) is 14.9 Å². The lowest BCUT2D eigenvalue weighted by Crippen LogP contribution is -2.56. The summed E-state index contributed by atoms with van der Waals surface area (Å²) in [6.45, 7) is 5.09. The second kappa shape index (κ2) is 7.40. The molecule has 0 aromatic heterocycles. The van der Waals surface area contributed by atoms with Crippen LogP contribution in [0.4, 0.5) is 0 Å². The summed E-state index contributed by atoms with van der Waals surface area (Å²) in [5.41, 5.74) is 0. The Morgan fingerprint density at radius 1 is 1.50 bits per heavy atom. The van der Waals surface area contributed by atoms with Gasteiger partial charge in [0.1, 0.15) is 6.04 Å². The molecule has 1 heterocycles. The molecule has 1 rings (SSSR count). The van der Waals surface area contributed by atoms with Gasteiger partial charge in [0.2, 0.25) is 5.91 Å². The lowest BCUT2D eigenvalue weighted by molar-refractivity contribution is -0.139. The molecular formula is C14H24N2O4. The van der Waals surface area contributed by atoms with Crippen LogP contribution in [0.2, 0.25) is 0 Å². The first-order valence-electron chi connectivity index (χ1n) is 6.97. The predicted octanol–water partition coefficient (Wildman–Crippen LogP) is 0.269. The molecule has 0 unspecified atom stereocenters. The normalized spacial score (nSPS) is 29.3. The van der Waals surface area contributed by atoms with Crippen molar-refractivity contribution in [2.45, 2.75) is 57.8 Å². The molecule has 0 saturated carbocycles. The molecule has 1 fully saturated rings. The predicted molar refractivity (Wildman–Crippen MR) is 75.2 cm³/mol. The number of carbonyl (C=O) groups is 2. The number of carbonyl (C=O) groups excluding carboxylic acids is 1. The summed E-state index contributed by atoms with van der Waals surface area (Å²) in [4.78, 5) is 22.5. The summed E-state index contributed by atoms with van der Waals surface area (Å²) in [5, 5.41) is 25.0. The molecule has 0 bridgehead atoms. The molecule has 4 N–H and O–H groups in total. The number of rotatable bonds is 6. The zero-order valence-corrected chi connectivity index (χ0v) is 12.2. The summed E-state index contributed by atoms with van der Waals surface area (Å²) >= 11 is 0. The van der Waals surface area contributed by atoms with Gasteiger partial charge in [0.25, 0.3) is 0 Å². The number of nitrogens with one attached hydrogen (secondary N) is 2. The first-order valence-corrected chi connectivity index (χ1v) is 6.97. The van der Waals surface area contributed by atoms with E-state index in [1.165, 1.54) is 6.92 Å². The van der Waals surface area contributed by atoms with Gasteiger partial charge in [0.15, 0.2) is 0 Å². The van der Waals surface area contributed by atoms with Crippen molar-refractivity contribution < 1.29 is 19.8 Å². The zero-order chi connectivity index (χ0) is 15.3. The molecular weight excluding hydrogens is 260 g/mol. The highest BCUT2D eigenvalue weighted by Crippen LogP contribution is 2.26. The number of carboxylic acids is 1. The van der Waals surface area contributed by atoms with Crippen LogP contribution < -0.4 is 10.6 Å². The lowest BCUT2D eigenvalue weighted by Gasteiger charge is -2.31. The Kier molecular flexibility index (Phi) is 6.16. The quantitative estimate of drug-likeness (QED) is 0.525. The molecule has 20 heavy (non-hydrogen) atoms. The van der Waals surface area contributed by atoms with Crippen LogP contribution >= 0.6 is 0 Å². The number of aliphatic hydroxyl groups excluding tert-OH is 1. The third kappa shape index (κ3) is 4.05. The van der Waals surface area contributed by atoms with E-state index in [-0.39, 0.29) is 17.9 Å². The van der Waals surface area contributed by atoms with E-state index in [2.05, 4.69) is 10.6 Å². The average Bonchev–Trinajstić information content (AvgIpc) is 2.79. The Hall–Kier alpha value is -1.40. The highest BCUT2D eigenvalue weighted by molar-refractivity contribution is 5.75. The highest BCUT2D eigenvalue weighted by Gasteiger charge is 2.42. The number of aliphatic hydroxyl groups is 1. The fourth-order valence-corrected chi connectivity index (χ4v) is 2.74. The SMILES string of the molecule is C/C=C\[C@@H]1C[C@H](C(=O)O)N[C@H]1[C@@H](NC(C)=O)[C@@H](O)CC. The van der Waals surface area contributed by atoms with E-state index in [9.17, 15) is 14.7 Å². The van der Waals surface area contributed by atoms with Crippen molar-refractivity contribution in [3.05, 3.63) is 12.2 Å². The van der Waals surface area contributed by atoms with Crippen LogP contribution in [-0.4, -0.2) is 46.3 Å². The minimum absolute atomic E-state index is 0.0286. The summed E-state index contributed by atoms with van der Waals surface area (Å²) in [7, 11) is 0. The van der Waals surface area contributed by atoms with Crippen molar-refractivity contribution in [2.75, 3.05) is 0 Å². The average molecular weight is 284 g/mol. The Bertz CT molecular complexity index is 383. The smallest absolute Gasteiger partial charge is 0.320 e. The van der Waals surface area contributed by atoms with Gasteiger partial charge in [0.05, 0.1) is 12.1 Å². The molecule has 1 saturated heterocycles. The van der Waals surface area contributed by atoms with E-state index in [4.69, 9.17) is 5.11 Å². The molecule has 0 radical (unpaired) electrons. The number of amides is 1. The Morgan fingerprint density at radius 3 is 2.60 bits per heavy atom. The van der Waals surface area contributed by atoms with Crippen molar-refractivity contribution in [3.8, 4) is 0 Å². The van der Waals surface area contributed by atoms with Gasteiger partial charge >= 0.3 is 5.97 Å². The van der Waals surface area contributed by atoms with Crippen molar-refractivity contribution in [1.82, 2.24) is 10.6 Å². The van der Waals surface area contributed by atoms with E-state index in [0.29, 0.717) is 12.8 Å². The minimum Gasteiger partial charge on any atom is -0.480 e. The Labute approximate surface area is 119 Å². The van der Waals surface area contributed by atoms with Gasteiger partial charge < -0.3 is 15.5 Å². The fraction of sp³-hybridized carbons (Fsp3) is 0.714. The zero-order valence-electron chi connectivity index (χ0n) is 12.2. The van der Waals surface area contributed by atoms with Crippen LogP contribution in [0.5, 0.6) is 0 Å². The van der Waals surface area contributed by atoms with Crippen LogP contribution in [0.25, 0.3) is 0 Å². The number of hydrogen-bond donors (Lipinski definition) is 4. The molecule has 6 heteroatoms. The summed E-state index contributed by atoms with van der Waals surface area (Å²) in [5.74, 6) is -1.17. The van der Waals surface area contributed by atoms with Crippen LogP contribution in [0.1, 0.15) is 33.6 Å². The third-order valence-electron chi connectivity index (χ3n) is 3.69. The summed E-state index contributed by atoms with van der Waals surface area (Å²) in [6, 6.07) is -1.43. The monoisotopic (exact) mass is 284 g/mol. The Morgan fingerprint density at radius 2 is 2.15 bits per heavy atom. The van der Waals surface area contributed by atoms with Crippen molar-refractivity contribution in [2.24, 2.45) is 5.92 Å². The second-order valence-corrected chi connectivity index (χ2v) is 5.21. The standard InChI is InChI=1S/C14H24N2O4/c1-4-6-9-7-10(14(19)20)16-12(9)13(11(18)5-2)15-8(3)17/h4,6,9-13,16,18H,5,7H2,1-3H3,(H,15,17)(H,19,20)/b6-4-/t9-,10-,11+,12-,13+/m1/s1. The van der Waals surface area contributed by atoms with E-state index < -0.39 is 24.2 Å². The molecule has 0 aromatic carbocycles. The molecule has 0 spiro atoms. The molecule has 0 aromatic rings. The van der Waals surface area contributed by atoms with Crippen molar-refractivity contribution in [3.63, 3.8) is 0 Å². The molecule has 5 atom stereocenters. The van der Waals surface area contributed by atoms with Crippen molar-refractivity contribution in [1.29, 1.82) is 0 Å². The number of carboxylic acid groups (broad SMARTS) is 1. The van der Waals surface area contributed by atoms with Gasteiger partial charge in [-0.1, -0.05) is 19.1 Å². The van der Waals surface area contributed by atoms with Gasteiger partial charge in [-0.05, 0) is 25.7 Å². The first-order chi connectivity index (χ1) is 9.40.